The third-order valence-electron chi connectivity index (χ3n) is 2.78. The molecule has 1 aromatic carbocycles. The summed E-state index contributed by atoms with van der Waals surface area (Å²) in [7, 11) is 0. The van der Waals surface area contributed by atoms with Crippen molar-refractivity contribution in [1.82, 2.24) is 9.78 Å². The molecule has 94 valence electrons. The molecule has 18 heavy (non-hydrogen) atoms. The summed E-state index contributed by atoms with van der Waals surface area (Å²) in [6, 6.07) is 7.52. The van der Waals surface area contributed by atoms with E-state index < -0.39 is 5.97 Å². The van der Waals surface area contributed by atoms with Gasteiger partial charge < -0.3 is 5.11 Å². The number of hydrogen-bond acceptors (Lipinski definition) is 2. The van der Waals surface area contributed by atoms with E-state index in [0.29, 0.717) is 11.6 Å². The quantitative estimate of drug-likeness (QED) is 0.924. The van der Waals surface area contributed by atoms with Crippen molar-refractivity contribution >= 4 is 17.6 Å². The zero-order valence-corrected chi connectivity index (χ0v) is 10.7. The standard InChI is InChI=1S/C13H13ClN2O2/c1-9-12(10-3-2-4-11(14)7-10)8-15-16(9)6-5-13(17)18/h2-4,7-8H,5-6H2,1H3,(H,17,18). The van der Waals surface area contributed by atoms with E-state index in [9.17, 15) is 4.79 Å². The number of hydrogen-bond donors (Lipinski definition) is 1. The second-order valence-corrected chi connectivity index (χ2v) is 4.46. The van der Waals surface area contributed by atoms with Crippen molar-refractivity contribution < 1.29 is 9.90 Å². The Hall–Kier alpha value is -1.81. The number of carboxylic acids is 1. The van der Waals surface area contributed by atoms with E-state index in [4.69, 9.17) is 16.7 Å². The normalized spacial score (nSPS) is 10.6. The highest BCUT2D eigenvalue weighted by Gasteiger charge is 2.09. The summed E-state index contributed by atoms with van der Waals surface area (Å²) in [6.45, 7) is 2.30. The molecule has 0 spiro atoms. The van der Waals surface area contributed by atoms with Crippen molar-refractivity contribution in [3.05, 3.63) is 41.2 Å². The topological polar surface area (TPSA) is 55.1 Å². The van der Waals surface area contributed by atoms with Crippen LogP contribution in [0.4, 0.5) is 0 Å². The van der Waals surface area contributed by atoms with Crippen LogP contribution in [0.25, 0.3) is 11.1 Å². The first-order chi connectivity index (χ1) is 8.58. The lowest BCUT2D eigenvalue weighted by Gasteiger charge is -2.04. The van der Waals surface area contributed by atoms with E-state index in [0.717, 1.165) is 16.8 Å². The van der Waals surface area contributed by atoms with Crippen molar-refractivity contribution in [2.45, 2.75) is 19.9 Å². The molecule has 5 heteroatoms. The van der Waals surface area contributed by atoms with Crippen molar-refractivity contribution in [3.8, 4) is 11.1 Å². The highest BCUT2D eigenvalue weighted by atomic mass is 35.5. The number of halogens is 1. The van der Waals surface area contributed by atoms with Crippen LogP contribution >= 0.6 is 11.6 Å². The zero-order valence-electron chi connectivity index (χ0n) is 9.93. The molecule has 0 aliphatic heterocycles. The van der Waals surface area contributed by atoms with Crippen LogP contribution in [0.2, 0.25) is 5.02 Å². The lowest BCUT2D eigenvalue weighted by atomic mass is 10.1. The van der Waals surface area contributed by atoms with Gasteiger partial charge in [0.05, 0.1) is 19.2 Å². The summed E-state index contributed by atoms with van der Waals surface area (Å²) in [5.74, 6) is -0.825. The van der Waals surface area contributed by atoms with E-state index in [1.807, 2.05) is 31.2 Å². The van der Waals surface area contributed by atoms with Crippen LogP contribution in [0.15, 0.2) is 30.5 Å². The summed E-state index contributed by atoms with van der Waals surface area (Å²) in [5.41, 5.74) is 2.91. The first-order valence-electron chi connectivity index (χ1n) is 5.58. The second kappa shape index (κ2) is 5.23. The molecule has 2 aromatic rings. The predicted molar refractivity (Wildman–Crippen MR) is 69.7 cm³/mol. The summed E-state index contributed by atoms with van der Waals surface area (Å²) in [5, 5.41) is 13.5. The minimum Gasteiger partial charge on any atom is -0.481 e. The Morgan fingerprint density at radius 2 is 2.28 bits per heavy atom. The number of benzene rings is 1. The molecule has 2 rings (SSSR count). The minimum absolute atomic E-state index is 0.0670. The third-order valence-corrected chi connectivity index (χ3v) is 3.01. The highest BCUT2D eigenvalue weighted by molar-refractivity contribution is 6.30. The number of rotatable bonds is 4. The number of aromatic nitrogens is 2. The Balaban J connectivity index is 2.28. The molecular formula is C13H13ClN2O2. The van der Waals surface area contributed by atoms with Crippen molar-refractivity contribution in [1.29, 1.82) is 0 Å². The van der Waals surface area contributed by atoms with Crippen LogP contribution < -0.4 is 0 Å². The molecule has 0 amide bonds. The third kappa shape index (κ3) is 2.71. The lowest BCUT2D eigenvalue weighted by Crippen LogP contribution is -2.07. The zero-order chi connectivity index (χ0) is 13.1. The van der Waals surface area contributed by atoms with E-state index in [-0.39, 0.29) is 6.42 Å². The van der Waals surface area contributed by atoms with Gasteiger partial charge in [-0.15, -0.1) is 0 Å². The van der Waals surface area contributed by atoms with E-state index in [2.05, 4.69) is 5.10 Å². The second-order valence-electron chi connectivity index (χ2n) is 4.02. The Bertz CT molecular complexity index is 578. The molecular weight excluding hydrogens is 252 g/mol. The van der Waals surface area contributed by atoms with Gasteiger partial charge in [0.25, 0.3) is 0 Å². The molecule has 0 unspecified atom stereocenters. The van der Waals surface area contributed by atoms with Crippen LogP contribution in [0, 0.1) is 6.92 Å². The van der Waals surface area contributed by atoms with Crippen LogP contribution in [-0.4, -0.2) is 20.9 Å². The predicted octanol–water partition coefficient (Wildman–Crippen LogP) is 2.99. The summed E-state index contributed by atoms with van der Waals surface area (Å²) in [4.78, 5) is 10.5. The molecule has 0 saturated heterocycles. The molecule has 1 heterocycles. The fourth-order valence-electron chi connectivity index (χ4n) is 1.81. The molecule has 0 bridgehead atoms. The number of aliphatic carboxylic acids is 1. The van der Waals surface area contributed by atoms with Crippen molar-refractivity contribution in [2.24, 2.45) is 0 Å². The van der Waals surface area contributed by atoms with Gasteiger partial charge in [-0.2, -0.15) is 5.10 Å². The first-order valence-corrected chi connectivity index (χ1v) is 5.96. The fraction of sp³-hybridized carbons (Fsp3) is 0.231. The number of aryl methyl sites for hydroxylation is 1. The van der Waals surface area contributed by atoms with Crippen LogP contribution in [0.5, 0.6) is 0 Å². The molecule has 1 aromatic heterocycles. The van der Waals surface area contributed by atoms with Crippen molar-refractivity contribution in [2.75, 3.05) is 0 Å². The maximum absolute atomic E-state index is 10.5. The molecule has 0 atom stereocenters. The van der Waals surface area contributed by atoms with Crippen LogP contribution in [-0.2, 0) is 11.3 Å². The number of carboxylic acid groups (broad SMARTS) is 1. The Morgan fingerprint density at radius 1 is 1.50 bits per heavy atom. The maximum atomic E-state index is 10.5. The molecule has 0 aliphatic rings. The highest BCUT2D eigenvalue weighted by Crippen LogP contribution is 2.25. The Labute approximate surface area is 110 Å². The van der Waals surface area contributed by atoms with Gasteiger partial charge in [-0.05, 0) is 24.6 Å². The summed E-state index contributed by atoms with van der Waals surface area (Å²) >= 11 is 5.95. The molecule has 0 radical (unpaired) electrons. The van der Waals surface area contributed by atoms with E-state index >= 15 is 0 Å². The molecule has 1 N–H and O–H groups in total. The molecule has 0 fully saturated rings. The van der Waals surface area contributed by atoms with Gasteiger partial charge in [-0.1, -0.05) is 23.7 Å². The van der Waals surface area contributed by atoms with Gasteiger partial charge in [0.2, 0.25) is 0 Å². The van der Waals surface area contributed by atoms with Gasteiger partial charge in [0.15, 0.2) is 0 Å². The van der Waals surface area contributed by atoms with E-state index in [1.165, 1.54) is 0 Å². The summed E-state index contributed by atoms with van der Waals surface area (Å²) in [6.07, 6.45) is 1.81. The number of carbonyl (C=O) groups is 1. The lowest BCUT2D eigenvalue weighted by molar-refractivity contribution is -0.137. The molecule has 0 saturated carbocycles. The van der Waals surface area contributed by atoms with Gasteiger partial charge in [0.1, 0.15) is 0 Å². The average molecular weight is 265 g/mol. The Morgan fingerprint density at radius 3 is 2.94 bits per heavy atom. The number of nitrogens with zero attached hydrogens (tertiary/aromatic N) is 2. The molecule has 0 aliphatic carbocycles. The summed E-state index contributed by atoms with van der Waals surface area (Å²) < 4.78 is 1.70. The monoisotopic (exact) mass is 264 g/mol. The van der Waals surface area contributed by atoms with Crippen LogP contribution in [0.1, 0.15) is 12.1 Å². The van der Waals surface area contributed by atoms with Gasteiger partial charge in [0, 0.05) is 16.3 Å². The SMILES string of the molecule is Cc1c(-c2cccc(Cl)c2)cnn1CCC(=O)O. The van der Waals surface area contributed by atoms with Gasteiger partial charge >= 0.3 is 5.97 Å². The van der Waals surface area contributed by atoms with Gasteiger partial charge in [-0.25, -0.2) is 0 Å². The maximum Gasteiger partial charge on any atom is 0.305 e. The van der Waals surface area contributed by atoms with Crippen LogP contribution in [0.3, 0.4) is 0 Å². The smallest absolute Gasteiger partial charge is 0.305 e. The van der Waals surface area contributed by atoms with E-state index in [1.54, 1.807) is 10.9 Å². The largest absolute Gasteiger partial charge is 0.481 e. The first kappa shape index (κ1) is 12.6. The van der Waals surface area contributed by atoms with Gasteiger partial charge in [-0.3, -0.25) is 9.48 Å². The molecule has 4 nitrogen and oxygen atoms in total. The average Bonchev–Trinajstić information content (AvgIpc) is 2.68. The van der Waals surface area contributed by atoms with Crippen molar-refractivity contribution in [3.63, 3.8) is 0 Å². The Kier molecular flexibility index (Phi) is 3.67. The minimum atomic E-state index is -0.825. The fourth-order valence-corrected chi connectivity index (χ4v) is 2.00.